The molecule has 2 aromatic carbocycles. The summed E-state index contributed by atoms with van der Waals surface area (Å²) in [4.78, 5) is 0. The summed E-state index contributed by atoms with van der Waals surface area (Å²) in [5.41, 5.74) is 4.25. The fourth-order valence-corrected chi connectivity index (χ4v) is 1.87. The summed E-state index contributed by atoms with van der Waals surface area (Å²) in [5, 5.41) is 14.1. The maximum absolute atomic E-state index is 9.80. The van der Waals surface area contributed by atoms with Crippen molar-refractivity contribution in [3.8, 4) is 17.2 Å². The zero-order chi connectivity index (χ0) is 15.2. The van der Waals surface area contributed by atoms with Crippen molar-refractivity contribution in [1.29, 1.82) is 0 Å². The highest BCUT2D eigenvalue weighted by Gasteiger charge is 2.09. The van der Waals surface area contributed by atoms with Crippen molar-refractivity contribution in [3.63, 3.8) is 0 Å². The van der Waals surface area contributed by atoms with E-state index in [0.717, 1.165) is 11.4 Å². The third-order valence-electron chi connectivity index (χ3n) is 2.82. The van der Waals surface area contributed by atoms with Gasteiger partial charge in [-0.3, -0.25) is 5.43 Å². The van der Waals surface area contributed by atoms with Crippen LogP contribution in [0.3, 0.4) is 0 Å². The normalized spacial score (nSPS) is 10.6. The van der Waals surface area contributed by atoms with E-state index in [9.17, 15) is 5.11 Å². The van der Waals surface area contributed by atoms with Crippen LogP contribution in [-0.2, 0) is 0 Å². The summed E-state index contributed by atoms with van der Waals surface area (Å²) in [5.74, 6) is 0.987. The summed E-state index contributed by atoms with van der Waals surface area (Å²) >= 11 is 6.03. The van der Waals surface area contributed by atoms with Crippen LogP contribution in [0.25, 0.3) is 0 Å². The van der Waals surface area contributed by atoms with E-state index in [-0.39, 0.29) is 10.8 Å². The van der Waals surface area contributed by atoms with E-state index < -0.39 is 0 Å². The second-order valence-corrected chi connectivity index (χ2v) is 4.50. The van der Waals surface area contributed by atoms with Gasteiger partial charge in [0.1, 0.15) is 5.75 Å². The first-order valence-corrected chi connectivity index (χ1v) is 6.52. The Morgan fingerprint density at radius 1 is 1.10 bits per heavy atom. The monoisotopic (exact) mass is 306 g/mol. The molecule has 0 spiro atoms. The summed E-state index contributed by atoms with van der Waals surface area (Å²) in [6, 6.07) is 10.6. The lowest BCUT2D eigenvalue weighted by Crippen LogP contribution is -1.93. The van der Waals surface area contributed by atoms with Crippen molar-refractivity contribution in [2.24, 2.45) is 5.10 Å². The SMILES string of the molecule is COc1ccc(N/N=C/c2ccc(OC)c(O)c2Cl)cc1. The Labute approximate surface area is 127 Å². The van der Waals surface area contributed by atoms with Gasteiger partial charge in [0, 0.05) is 5.56 Å². The van der Waals surface area contributed by atoms with E-state index in [1.165, 1.54) is 13.3 Å². The number of benzene rings is 2. The Hall–Kier alpha value is -2.40. The number of hydrogen-bond donors (Lipinski definition) is 2. The summed E-state index contributed by atoms with van der Waals surface area (Å²) < 4.78 is 10.0. The van der Waals surface area contributed by atoms with E-state index in [1.54, 1.807) is 19.2 Å². The quantitative estimate of drug-likeness (QED) is 0.655. The number of hydrogen-bond acceptors (Lipinski definition) is 5. The van der Waals surface area contributed by atoms with Crippen molar-refractivity contribution in [3.05, 3.63) is 47.0 Å². The Kier molecular flexibility index (Phi) is 4.90. The topological polar surface area (TPSA) is 63.1 Å². The molecule has 0 aliphatic rings. The van der Waals surface area contributed by atoms with Crippen LogP contribution in [0.5, 0.6) is 17.2 Å². The highest BCUT2D eigenvalue weighted by molar-refractivity contribution is 6.34. The lowest BCUT2D eigenvalue weighted by molar-refractivity contribution is 0.373. The molecule has 21 heavy (non-hydrogen) atoms. The fraction of sp³-hybridized carbons (Fsp3) is 0.133. The zero-order valence-electron chi connectivity index (χ0n) is 11.6. The molecule has 0 saturated carbocycles. The highest BCUT2D eigenvalue weighted by Crippen LogP contribution is 2.35. The van der Waals surface area contributed by atoms with Gasteiger partial charge < -0.3 is 14.6 Å². The van der Waals surface area contributed by atoms with Gasteiger partial charge in [0.25, 0.3) is 0 Å². The van der Waals surface area contributed by atoms with E-state index in [4.69, 9.17) is 21.1 Å². The second kappa shape index (κ2) is 6.85. The van der Waals surface area contributed by atoms with Gasteiger partial charge in [0.15, 0.2) is 11.5 Å². The van der Waals surface area contributed by atoms with Crippen LogP contribution in [0.2, 0.25) is 5.02 Å². The lowest BCUT2D eigenvalue weighted by atomic mass is 10.2. The van der Waals surface area contributed by atoms with Crippen LogP contribution in [-0.4, -0.2) is 25.5 Å². The summed E-state index contributed by atoms with van der Waals surface area (Å²) in [6.07, 6.45) is 1.52. The van der Waals surface area contributed by atoms with Gasteiger partial charge in [-0.25, -0.2) is 0 Å². The van der Waals surface area contributed by atoms with Gasteiger partial charge in [-0.1, -0.05) is 11.6 Å². The average Bonchev–Trinajstić information content (AvgIpc) is 2.52. The molecular weight excluding hydrogens is 292 g/mol. The number of phenolic OH excluding ortho intramolecular Hbond substituents is 1. The van der Waals surface area contributed by atoms with Crippen molar-refractivity contribution in [1.82, 2.24) is 0 Å². The molecule has 2 aromatic rings. The van der Waals surface area contributed by atoms with Gasteiger partial charge in [0.05, 0.1) is 31.1 Å². The van der Waals surface area contributed by atoms with Crippen LogP contribution in [0, 0.1) is 0 Å². The third kappa shape index (κ3) is 3.58. The fourth-order valence-electron chi connectivity index (χ4n) is 1.67. The average molecular weight is 307 g/mol. The van der Waals surface area contributed by atoms with Gasteiger partial charge in [-0.15, -0.1) is 0 Å². The molecule has 2 N–H and O–H groups in total. The number of aromatic hydroxyl groups is 1. The largest absolute Gasteiger partial charge is 0.503 e. The number of halogens is 1. The molecule has 0 saturated heterocycles. The van der Waals surface area contributed by atoms with Gasteiger partial charge >= 0.3 is 0 Å². The second-order valence-electron chi connectivity index (χ2n) is 4.12. The first-order valence-electron chi connectivity index (χ1n) is 6.14. The molecule has 0 atom stereocenters. The van der Waals surface area contributed by atoms with E-state index in [1.807, 2.05) is 24.3 Å². The molecule has 5 nitrogen and oxygen atoms in total. The van der Waals surface area contributed by atoms with E-state index in [2.05, 4.69) is 10.5 Å². The first kappa shape index (κ1) is 15.0. The van der Waals surface area contributed by atoms with Crippen LogP contribution in [0.15, 0.2) is 41.5 Å². The van der Waals surface area contributed by atoms with Crippen molar-refractivity contribution in [2.75, 3.05) is 19.6 Å². The minimum atomic E-state index is -0.104. The smallest absolute Gasteiger partial charge is 0.177 e. The number of anilines is 1. The highest BCUT2D eigenvalue weighted by atomic mass is 35.5. The van der Waals surface area contributed by atoms with Gasteiger partial charge in [-0.2, -0.15) is 5.10 Å². The number of hydrazone groups is 1. The minimum absolute atomic E-state index is 0.104. The summed E-state index contributed by atoms with van der Waals surface area (Å²) in [6.45, 7) is 0. The molecule has 0 radical (unpaired) electrons. The predicted molar refractivity (Wildman–Crippen MR) is 83.9 cm³/mol. The first-order chi connectivity index (χ1) is 10.2. The number of nitrogens with one attached hydrogen (secondary N) is 1. The number of phenols is 1. The molecule has 0 fully saturated rings. The maximum atomic E-state index is 9.80. The van der Waals surface area contributed by atoms with Crippen LogP contribution < -0.4 is 14.9 Å². The van der Waals surface area contributed by atoms with E-state index >= 15 is 0 Å². The number of methoxy groups -OCH3 is 2. The molecule has 0 bridgehead atoms. The molecule has 110 valence electrons. The zero-order valence-corrected chi connectivity index (χ0v) is 12.4. The standard InChI is InChI=1S/C15H15ClN2O3/c1-20-12-6-4-11(5-7-12)18-17-9-10-3-8-13(21-2)15(19)14(10)16/h3-9,18-19H,1-2H3/b17-9+. The number of rotatable bonds is 5. The molecule has 0 aromatic heterocycles. The molecule has 6 heteroatoms. The lowest BCUT2D eigenvalue weighted by Gasteiger charge is -2.07. The molecule has 0 aliphatic heterocycles. The van der Waals surface area contributed by atoms with Gasteiger partial charge in [0.2, 0.25) is 0 Å². The van der Waals surface area contributed by atoms with Gasteiger partial charge in [-0.05, 0) is 36.4 Å². The molecular formula is C15H15ClN2O3. The van der Waals surface area contributed by atoms with Crippen molar-refractivity contribution in [2.45, 2.75) is 0 Å². The van der Waals surface area contributed by atoms with E-state index in [0.29, 0.717) is 11.3 Å². The Bertz CT molecular complexity index is 642. The van der Waals surface area contributed by atoms with Crippen molar-refractivity contribution < 1.29 is 14.6 Å². The maximum Gasteiger partial charge on any atom is 0.177 e. The third-order valence-corrected chi connectivity index (χ3v) is 3.21. The summed E-state index contributed by atoms with van der Waals surface area (Å²) in [7, 11) is 3.07. The molecule has 0 aliphatic carbocycles. The van der Waals surface area contributed by atoms with Crippen LogP contribution >= 0.6 is 11.6 Å². The Balaban J connectivity index is 2.09. The molecule has 0 amide bonds. The van der Waals surface area contributed by atoms with Crippen LogP contribution in [0.4, 0.5) is 5.69 Å². The molecule has 0 unspecified atom stereocenters. The predicted octanol–water partition coefficient (Wildman–Crippen LogP) is 3.51. The van der Waals surface area contributed by atoms with Crippen LogP contribution in [0.1, 0.15) is 5.56 Å². The molecule has 0 heterocycles. The minimum Gasteiger partial charge on any atom is -0.503 e. The number of nitrogens with zero attached hydrogens (tertiary/aromatic N) is 1. The Morgan fingerprint density at radius 3 is 2.43 bits per heavy atom. The van der Waals surface area contributed by atoms with Crippen molar-refractivity contribution >= 4 is 23.5 Å². The molecule has 2 rings (SSSR count). The number of ether oxygens (including phenoxy) is 2. The Morgan fingerprint density at radius 2 is 1.81 bits per heavy atom.